The molecule has 0 fully saturated rings. The number of hydrogen-bond donors (Lipinski definition) is 2. The van der Waals surface area contributed by atoms with Crippen molar-refractivity contribution >= 4 is 28.2 Å². The number of para-hydroxylation sites is 2. The Hall–Kier alpha value is -2.15. The molecular weight excluding hydrogens is 312 g/mol. The van der Waals surface area contributed by atoms with Gasteiger partial charge in [0.1, 0.15) is 10.8 Å². The first-order valence-electron chi connectivity index (χ1n) is 7.76. The minimum atomic E-state index is -0.358. The molecule has 0 radical (unpaired) electrons. The van der Waals surface area contributed by atoms with Crippen LogP contribution in [0.2, 0.25) is 0 Å². The van der Waals surface area contributed by atoms with Crippen molar-refractivity contribution in [1.82, 2.24) is 10.2 Å². The molecule has 124 valence electrons. The number of amides is 2. The summed E-state index contributed by atoms with van der Waals surface area (Å²) in [7, 11) is 1.56. The highest BCUT2D eigenvalue weighted by Crippen LogP contribution is 2.23. The summed E-state index contributed by atoms with van der Waals surface area (Å²) in [5.74, 6) is 0.608. The van der Waals surface area contributed by atoms with Gasteiger partial charge in [0.25, 0.3) is 0 Å². The average Bonchev–Trinajstić information content (AvgIpc) is 2.99. The SMILES string of the molecule is CCCCCCc1nnc(NC(=O)Nc2ccccc2OC)s1. The molecule has 2 rings (SSSR count). The number of carbonyl (C=O) groups is 1. The van der Waals surface area contributed by atoms with Gasteiger partial charge in [-0.2, -0.15) is 0 Å². The van der Waals surface area contributed by atoms with Crippen LogP contribution >= 0.6 is 11.3 Å². The van der Waals surface area contributed by atoms with Gasteiger partial charge in [0.05, 0.1) is 12.8 Å². The zero-order chi connectivity index (χ0) is 16.5. The third-order valence-corrected chi connectivity index (χ3v) is 4.19. The quantitative estimate of drug-likeness (QED) is 0.705. The summed E-state index contributed by atoms with van der Waals surface area (Å²) in [4.78, 5) is 12.0. The second-order valence-electron chi connectivity index (χ2n) is 5.09. The molecule has 0 spiro atoms. The Morgan fingerprint density at radius 3 is 2.78 bits per heavy atom. The molecule has 1 aromatic carbocycles. The van der Waals surface area contributed by atoms with Crippen molar-refractivity contribution in [1.29, 1.82) is 0 Å². The molecule has 0 aliphatic carbocycles. The molecule has 1 heterocycles. The normalized spacial score (nSPS) is 10.3. The maximum atomic E-state index is 12.0. The van der Waals surface area contributed by atoms with E-state index in [1.807, 2.05) is 12.1 Å². The van der Waals surface area contributed by atoms with Gasteiger partial charge in [-0.15, -0.1) is 10.2 Å². The smallest absolute Gasteiger partial charge is 0.325 e. The van der Waals surface area contributed by atoms with Gasteiger partial charge >= 0.3 is 6.03 Å². The van der Waals surface area contributed by atoms with Crippen LogP contribution in [-0.4, -0.2) is 23.3 Å². The highest BCUT2D eigenvalue weighted by Gasteiger charge is 2.10. The second kappa shape index (κ2) is 9.09. The number of nitrogens with zero attached hydrogens (tertiary/aromatic N) is 2. The van der Waals surface area contributed by atoms with Gasteiger partial charge in [-0.3, -0.25) is 5.32 Å². The fourth-order valence-corrected chi connectivity index (χ4v) is 2.88. The monoisotopic (exact) mass is 334 g/mol. The van der Waals surface area contributed by atoms with Crippen LogP contribution in [0.3, 0.4) is 0 Å². The lowest BCUT2D eigenvalue weighted by Gasteiger charge is -2.09. The summed E-state index contributed by atoms with van der Waals surface area (Å²) >= 11 is 1.41. The van der Waals surface area contributed by atoms with Crippen LogP contribution in [0.5, 0.6) is 5.75 Å². The Morgan fingerprint density at radius 2 is 2.00 bits per heavy atom. The van der Waals surface area contributed by atoms with Crippen LogP contribution in [-0.2, 0) is 6.42 Å². The largest absolute Gasteiger partial charge is 0.495 e. The molecular formula is C16H22N4O2S. The number of ether oxygens (including phenoxy) is 1. The number of carbonyl (C=O) groups excluding carboxylic acids is 1. The van der Waals surface area contributed by atoms with Gasteiger partial charge < -0.3 is 10.1 Å². The molecule has 7 heteroatoms. The molecule has 0 atom stereocenters. The molecule has 23 heavy (non-hydrogen) atoms. The summed E-state index contributed by atoms with van der Waals surface area (Å²) in [5, 5.41) is 15.0. The van der Waals surface area contributed by atoms with E-state index in [-0.39, 0.29) is 6.03 Å². The second-order valence-corrected chi connectivity index (χ2v) is 6.15. The van der Waals surface area contributed by atoms with E-state index in [0.29, 0.717) is 16.6 Å². The minimum Gasteiger partial charge on any atom is -0.495 e. The lowest BCUT2D eigenvalue weighted by molar-refractivity contribution is 0.262. The molecule has 0 saturated heterocycles. The number of aryl methyl sites for hydroxylation is 1. The molecule has 0 saturated carbocycles. The van der Waals surface area contributed by atoms with Gasteiger partial charge in [-0.05, 0) is 18.6 Å². The van der Waals surface area contributed by atoms with Crippen LogP contribution < -0.4 is 15.4 Å². The van der Waals surface area contributed by atoms with E-state index in [0.717, 1.165) is 17.8 Å². The molecule has 0 unspecified atom stereocenters. The van der Waals surface area contributed by atoms with E-state index in [1.54, 1.807) is 19.2 Å². The van der Waals surface area contributed by atoms with Crippen molar-refractivity contribution in [3.63, 3.8) is 0 Å². The highest BCUT2D eigenvalue weighted by atomic mass is 32.1. The van der Waals surface area contributed by atoms with E-state index in [4.69, 9.17) is 4.74 Å². The van der Waals surface area contributed by atoms with Crippen molar-refractivity contribution in [3.8, 4) is 5.75 Å². The van der Waals surface area contributed by atoms with Crippen LogP contribution in [0.25, 0.3) is 0 Å². The van der Waals surface area contributed by atoms with Crippen molar-refractivity contribution in [2.24, 2.45) is 0 Å². The Bertz CT molecular complexity index is 630. The molecule has 0 aliphatic rings. The third-order valence-electron chi connectivity index (χ3n) is 3.29. The molecule has 2 aromatic rings. The first-order valence-corrected chi connectivity index (χ1v) is 8.58. The molecule has 1 aromatic heterocycles. The Morgan fingerprint density at radius 1 is 1.17 bits per heavy atom. The van der Waals surface area contributed by atoms with Crippen LogP contribution in [0.1, 0.15) is 37.6 Å². The first kappa shape index (κ1) is 17.2. The van der Waals surface area contributed by atoms with Gasteiger partial charge in [0.2, 0.25) is 5.13 Å². The van der Waals surface area contributed by atoms with E-state index >= 15 is 0 Å². The van der Waals surface area contributed by atoms with Gasteiger partial charge in [-0.25, -0.2) is 4.79 Å². The van der Waals surface area contributed by atoms with Gasteiger partial charge in [-0.1, -0.05) is 49.7 Å². The fourth-order valence-electron chi connectivity index (χ4n) is 2.11. The summed E-state index contributed by atoms with van der Waals surface area (Å²) in [6.45, 7) is 2.19. The fraction of sp³-hybridized carbons (Fsp3) is 0.438. The summed E-state index contributed by atoms with van der Waals surface area (Å²) in [5.41, 5.74) is 0.608. The van der Waals surface area contributed by atoms with E-state index in [9.17, 15) is 4.79 Å². The predicted molar refractivity (Wildman–Crippen MR) is 93.4 cm³/mol. The number of nitrogens with one attached hydrogen (secondary N) is 2. The molecule has 0 aliphatic heterocycles. The van der Waals surface area contributed by atoms with Gasteiger partial charge in [0.15, 0.2) is 0 Å². The standard InChI is InChI=1S/C16H22N4O2S/c1-3-4-5-6-11-14-19-20-16(23-14)18-15(21)17-12-9-7-8-10-13(12)22-2/h7-10H,3-6,11H2,1-2H3,(H2,17,18,20,21). The van der Waals surface area contributed by atoms with Crippen molar-refractivity contribution in [2.75, 3.05) is 17.7 Å². The number of unbranched alkanes of at least 4 members (excludes halogenated alkanes) is 3. The van der Waals surface area contributed by atoms with Crippen molar-refractivity contribution < 1.29 is 9.53 Å². The zero-order valence-corrected chi connectivity index (χ0v) is 14.3. The first-order chi connectivity index (χ1) is 11.2. The number of aromatic nitrogens is 2. The Labute approximate surface area is 140 Å². The summed E-state index contributed by atoms with van der Waals surface area (Å²) < 4.78 is 5.20. The minimum absolute atomic E-state index is 0.358. The average molecular weight is 334 g/mol. The maximum Gasteiger partial charge on any atom is 0.325 e. The topological polar surface area (TPSA) is 76.1 Å². The van der Waals surface area contributed by atoms with E-state index in [1.165, 1.54) is 30.6 Å². The number of hydrogen-bond acceptors (Lipinski definition) is 5. The van der Waals surface area contributed by atoms with E-state index < -0.39 is 0 Å². The number of benzene rings is 1. The number of methoxy groups -OCH3 is 1. The summed E-state index contributed by atoms with van der Waals surface area (Å²) in [6, 6.07) is 6.88. The van der Waals surface area contributed by atoms with Crippen molar-refractivity contribution in [3.05, 3.63) is 29.3 Å². The zero-order valence-electron chi connectivity index (χ0n) is 13.5. The van der Waals surface area contributed by atoms with Crippen molar-refractivity contribution in [2.45, 2.75) is 39.0 Å². The lowest BCUT2D eigenvalue weighted by Crippen LogP contribution is -2.19. The predicted octanol–water partition coefficient (Wildman–Crippen LogP) is 4.31. The molecule has 2 N–H and O–H groups in total. The van der Waals surface area contributed by atoms with Crippen LogP contribution in [0.4, 0.5) is 15.6 Å². The van der Waals surface area contributed by atoms with Gasteiger partial charge in [0, 0.05) is 6.42 Å². The Kier molecular flexibility index (Phi) is 6.80. The van der Waals surface area contributed by atoms with Crippen LogP contribution in [0.15, 0.2) is 24.3 Å². The molecule has 6 nitrogen and oxygen atoms in total. The van der Waals surface area contributed by atoms with E-state index in [2.05, 4.69) is 27.8 Å². The lowest BCUT2D eigenvalue weighted by atomic mass is 10.2. The highest BCUT2D eigenvalue weighted by molar-refractivity contribution is 7.15. The molecule has 2 amide bonds. The Balaban J connectivity index is 1.84. The maximum absolute atomic E-state index is 12.0. The third kappa shape index (κ3) is 5.52. The molecule has 0 bridgehead atoms. The summed E-state index contributed by atoms with van der Waals surface area (Å²) in [6.07, 6.45) is 5.67. The number of rotatable bonds is 8. The number of urea groups is 1. The van der Waals surface area contributed by atoms with Crippen LogP contribution in [0, 0.1) is 0 Å². The number of anilines is 2.